The van der Waals surface area contributed by atoms with Crippen LogP contribution < -0.4 is 5.32 Å². The Morgan fingerprint density at radius 2 is 1.92 bits per heavy atom. The van der Waals surface area contributed by atoms with Crippen molar-refractivity contribution >= 4 is 29.9 Å². The number of hydrogen-bond donors (Lipinski definition) is 1. The fourth-order valence-electron chi connectivity index (χ4n) is 2.82. The van der Waals surface area contributed by atoms with E-state index in [1.165, 1.54) is 11.1 Å². The van der Waals surface area contributed by atoms with Crippen LogP contribution >= 0.6 is 24.0 Å². The molecule has 1 heterocycles. The van der Waals surface area contributed by atoms with Gasteiger partial charge in [-0.05, 0) is 25.8 Å². The first-order valence-electron chi connectivity index (χ1n) is 9.04. The fourth-order valence-corrected chi connectivity index (χ4v) is 2.82. The van der Waals surface area contributed by atoms with E-state index in [-0.39, 0.29) is 24.0 Å². The van der Waals surface area contributed by atoms with Crippen molar-refractivity contribution in [1.82, 2.24) is 15.1 Å². The van der Waals surface area contributed by atoms with Crippen molar-refractivity contribution in [2.75, 3.05) is 53.0 Å². The van der Waals surface area contributed by atoms with Gasteiger partial charge in [0.15, 0.2) is 5.96 Å². The molecule has 0 radical (unpaired) electrons. The highest BCUT2D eigenvalue weighted by Crippen LogP contribution is 2.06. The molecule has 0 spiro atoms. The van der Waals surface area contributed by atoms with Gasteiger partial charge in [-0.1, -0.05) is 29.8 Å². The van der Waals surface area contributed by atoms with Gasteiger partial charge >= 0.3 is 0 Å². The molecule has 142 valence electrons. The second-order valence-electron chi connectivity index (χ2n) is 6.38. The second kappa shape index (κ2) is 12.5. The van der Waals surface area contributed by atoms with Crippen molar-refractivity contribution in [3.05, 3.63) is 35.4 Å². The molecule has 1 aliphatic rings. The quantitative estimate of drug-likeness (QED) is 0.294. The molecule has 1 aromatic rings. The predicted molar refractivity (Wildman–Crippen MR) is 116 cm³/mol. The summed E-state index contributed by atoms with van der Waals surface area (Å²) in [5, 5.41) is 3.39. The summed E-state index contributed by atoms with van der Waals surface area (Å²) in [5.74, 6) is 0.986. The Bertz CT molecular complexity index is 501. The first-order chi connectivity index (χ1) is 11.7. The number of halogens is 1. The number of morpholine rings is 1. The van der Waals surface area contributed by atoms with E-state index in [1.807, 2.05) is 0 Å². The van der Waals surface area contributed by atoms with Crippen LogP contribution in [0.1, 0.15) is 24.5 Å². The zero-order valence-electron chi connectivity index (χ0n) is 15.8. The van der Waals surface area contributed by atoms with Gasteiger partial charge in [-0.15, -0.1) is 24.0 Å². The van der Waals surface area contributed by atoms with Crippen LogP contribution in [-0.2, 0) is 11.3 Å². The number of rotatable bonds is 7. The van der Waals surface area contributed by atoms with E-state index in [1.54, 1.807) is 0 Å². The van der Waals surface area contributed by atoms with Crippen LogP contribution in [0, 0.1) is 6.92 Å². The van der Waals surface area contributed by atoms with Gasteiger partial charge in [-0.25, -0.2) is 0 Å². The van der Waals surface area contributed by atoms with Crippen molar-refractivity contribution in [2.45, 2.75) is 26.8 Å². The number of aliphatic imine (C=N–C) groups is 1. The van der Waals surface area contributed by atoms with E-state index >= 15 is 0 Å². The monoisotopic (exact) mass is 460 g/mol. The van der Waals surface area contributed by atoms with E-state index in [0.29, 0.717) is 0 Å². The Hall–Kier alpha value is -0.860. The fraction of sp³-hybridized carbons (Fsp3) is 0.632. The molecule has 5 nitrogen and oxygen atoms in total. The molecule has 1 saturated heterocycles. The lowest BCUT2D eigenvalue weighted by atomic mass is 10.1. The van der Waals surface area contributed by atoms with Crippen LogP contribution in [0.4, 0.5) is 0 Å². The molecule has 1 aromatic carbocycles. The average Bonchev–Trinajstić information content (AvgIpc) is 2.60. The third-order valence-electron chi connectivity index (χ3n) is 4.23. The Labute approximate surface area is 169 Å². The molecule has 25 heavy (non-hydrogen) atoms. The zero-order valence-corrected chi connectivity index (χ0v) is 18.2. The summed E-state index contributed by atoms with van der Waals surface area (Å²) in [5.41, 5.74) is 2.60. The van der Waals surface area contributed by atoms with Gasteiger partial charge in [0.25, 0.3) is 0 Å². The largest absolute Gasteiger partial charge is 0.379 e. The molecular formula is C19H33IN4O. The normalized spacial score (nSPS) is 15.6. The molecular weight excluding hydrogens is 427 g/mol. The van der Waals surface area contributed by atoms with Crippen LogP contribution in [0.5, 0.6) is 0 Å². The third kappa shape index (κ3) is 8.37. The van der Waals surface area contributed by atoms with Crippen LogP contribution in [0.3, 0.4) is 0 Å². The Kier molecular flexibility index (Phi) is 11.1. The highest BCUT2D eigenvalue weighted by molar-refractivity contribution is 14.0. The van der Waals surface area contributed by atoms with E-state index in [4.69, 9.17) is 9.73 Å². The van der Waals surface area contributed by atoms with Crippen molar-refractivity contribution in [3.8, 4) is 0 Å². The highest BCUT2D eigenvalue weighted by atomic mass is 127. The number of hydrogen-bond acceptors (Lipinski definition) is 3. The molecule has 1 aliphatic heterocycles. The number of ether oxygens (including phenoxy) is 1. The molecule has 0 atom stereocenters. The third-order valence-corrected chi connectivity index (χ3v) is 4.23. The molecule has 0 saturated carbocycles. The Balaban J connectivity index is 0.00000312. The van der Waals surface area contributed by atoms with E-state index < -0.39 is 0 Å². The van der Waals surface area contributed by atoms with Crippen molar-refractivity contribution in [3.63, 3.8) is 0 Å². The molecule has 0 unspecified atom stereocenters. The number of nitrogens with one attached hydrogen (secondary N) is 1. The molecule has 0 aliphatic carbocycles. The van der Waals surface area contributed by atoms with Gasteiger partial charge in [-0.3, -0.25) is 9.89 Å². The van der Waals surface area contributed by atoms with Gasteiger partial charge in [0.05, 0.1) is 13.2 Å². The van der Waals surface area contributed by atoms with Gasteiger partial charge < -0.3 is 15.0 Å². The van der Waals surface area contributed by atoms with Crippen molar-refractivity contribution in [2.24, 2.45) is 4.99 Å². The lowest BCUT2D eigenvalue weighted by molar-refractivity contribution is 0.0377. The maximum absolute atomic E-state index is 5.39. The maximum atomic E-state index is 5.39. The summed E-state index contributed by atoms with van der Waals surface area (Å²) in [4.78, 5) is 9.44. The maximum Gasteiger partial charge on any atom is 0.193 e. The summed E-state index contributed by atoms with van der Waals surface area (Å²) in [7, 11) is 2.10. The van der Waals surface area contributed by atoms with Crippen LogP contribution in [-0.4, -0.2) is 68.7 Å². The number of guanidine groups is 1. The summed E-state index contributed by atoms with van der Waals surface area (Å²) in [6, 6.07) is 8.70. The molecule has 1 N–H and O–H groups in total. The molecule has 1 fully saturated rings. The minimum atomic E-state index is 0. The minimum Gasteiger partial charge on any atom is -0.379 e. The van der Waals surface area contributed by atoms with E-state index in [0.717, 1.165) is 64.9 Å². The summed E-state index contributed by atoms with van der Waals surface area (Å²) >= 11 is 0. The molecule has 0 bridgehead atoms. The average molecular weight is 460 g/mol. The Morgan fingerprint density at radius 3 is 2.56 bits per heavy atom. The van der Waals surface area contributed by atoms with E-state index in [9.17, 15) is 0 Å². The van der Waals surface area contributed by atoms with Crippen molar-refractivity contribution in [1.29, 1.82) is 0 Å². The summed E-state index contributed by atoms with van der Waals surface area (Å²) < 4.78 is 5.39. The van der Waals surface area contributed by atoms with Crippen molar-refractivity contribution < 1.29 is 4.74 Å². The summed E-state index contributed by atoms with van der Waals surface area (Å²) in [6.45, 7) is 11.8. The van der Waals surface area contributed by atoms with Gasteiger partial charge in [-0.2, -0.15) is 0 Å². The SMILES string of the molecule is CCNC(=NCCCN1CCOCC1)N(C)Cc1ccc(C)cc1.I. The molecule has 0 aromatic heterocycles. The van der Waals surface area contributed by atoms with Crippen LogP contribution in [0.2, 0.25) is 0 Å². The standard InChI is InChI=1S/C19H32N4O.HI/c1-4-20-19(21-10-5-11-23-12-14-24-15-13-23)22(3)16-18-8-6-17(2)7-9-18;/h6-9H,4-5,10-16H2,1-3H3,(H,20,21);1H. The second-order valence-corrected chi connectivity index (χ2v) is 6.38. The highest BCUT2D eigenvalue weighted by Gasteiger charge is 2.10. The summed E-state index contributed by atoms with van der Waals surface area (Å²) in [6.07, 6.45) is 1.09. The molecule has 6 heteroatoms. The lowest BCUT2D eigenvalue weighted by Crippen LogP contribution is -2.39. The van der Waals surface area contributed by atoms with Gasteiger partial charge in [0.2, 0.25) is 0 Å². The van der Waals surface area contributed by atoms with Crippen LogP contribution in [0.25, 0.3) is 0 Å². The number of nitrogens with zero attached hydrogens (tertiary/aromatic N) is 3. The molecule has 0 amide bonds. The first kappa shape index (κ1) is 22.2. The Morgan fingerprint density at radius 1 is 1.24 bits per heavy atom. The smallest absolute Gasteiger partial charge is 0.193 e. The number of benzene rings is 1. The molecule has 2 rings (SSSR count). The predicted octanol–water partition coefficient (Wildman–Crippen LogP) is 2.73. The van der Waals surface area contributed by atoms with Crippen LogP contribution in [0.15, 0.2) is 29.3 Å². The minimum absolute atomic E-state index is 0. The van der Waals surface area contributed by atoms with Gasteiger partial charge in [0.1, 0.15) is 0 Å². The number of aryl methyl sites for hydroxylation is 1. The van der Waals surface area contributed by atoms with E-state index in [2.05, 4.69) is 60.3 Å². The van der Waals surface area contributed by atoms with Gasteiger partial charge in [0, 0.05) is 46.3 Å². The zero-order chi connectivity index (χ0) is 17.2. The lowest BCUT2D eigenvalue weighted by Gasteiger charge is -2.26. The topological polar surface area (TPSA) is 40.1 Å². The first-order valence-corrected chi connectivity index (χ1v) is 9.04.